The van der Waals surface area contributed by atoms with Gasteiger partial charge in [-0.15, -0.1) is 0 Å². The van der Waals surface area contributed by atoms with Crippen molar-refractivity contribution in [2.24, 2.45) is 5.92 Å². The lowest BCUT2D eigenvalue weighted by Gasteiger charge is -2.30. The van der Waals surface area contributed by atoms with Gasteiger partial charge in [0.05, 0.1) is 11.3 Å². The predicted octanol–water partition coefficient (Wildman–Crippen LogP) is 5.27. The van der Waals surface area contributed by atoms with Crippen LogP contribution < -0.4 is 10.4 Å². The lowest BCUT2D eigenvalue weighted by atomic mass is 9.86. The highest BCUT2D eigenvalue weighted by atomic mass is 16.5. The predicted molar refractivity (Wildman–Crippen MR) is 116 cm³/mol. The first-order valence-corrected chi connectivity index (χ1v) is 10.0. The summed E-state index contributed by atoms with van der Waals surface area (Å²) in [6.07, 6.45) is 2.02. The van der Waals surface area contributed by atoms with Crippen LogP contribution in [0.3, 0.4) is 0 Å². The zero-order valence-corrected chi connectivity index (χ0v) is 17.5. The number of benzene rings is 2. The molecule has 2 aromatic carbocycles. The molecule has 5 nitrogen and oxygen atoms in total. The molecule has 0 saturated carbocycles. The number of ether oxygens (including phenoxy) is 1. The van der Waals surface area contributed by atoms with Crippen LogP contribution in [0.25, 0.3) is 22.1 Å². The monoisotopic (exact) mass is 404 g/mol. The van der Waals surface area contributed by atoms with Crippen molar-refractivity contribution in [1.82, 2.24) is 0 Å². The van der Waals surface area contributed by atoms with Gasteiger partial charge in [-0.25, -0.2) is 4.79 Å². The summed E-state index contributed by atoms with van der Waals surface area (Å²) in [6, 6.07) is 10.6. The van der Waals surface area contributed by atoms with Crippen molar-refractivity contribution in [2.45, 2.75) is 40.2 Å². The zero-order valence-electron chi connectivity index (χ0n) is 17.5. The molecule has 154 valence electrons. The Kier molecular flexibility index (Phi) is 4.98. The van der Waals surface area contributed by atoms with Crippen LogP contribution in [0.4, 0.5) is 0 Å². The maximum absolute atomic E-state index is 13.3. The molecule has 0 unspecified atom stereocenters. The number of Topliss-reactive ketones (excluding diaryl/α,β-unsaturated/α-hetero) is 1. The Balaban J connectivity index is 2.17. The van der Waals surface area contributed by atoms with Gasteiger partial charge in [0.25, 0.3) is 0 Å². The molecule has 0 fully saturated rings. The minimum absolute atomic E-state index is 0.0293. The van der Waals surface area contributed by atoms with E-state index in [0.29, 0.717) is 28.7 Å². The van der Waals surface area contributed by atoms with Gasteiger partial charge in [0.15, 0.2) is 11.4 Å². The van der Waals surface area contributed by atoms with Crippen molar-refractivity contribution in [3.63, 3.8) is 0 Å². The van der Waals surface area contributed by atoms with Crippen LogP contribution >= 0.6 is 0 Å². The summed E-state index contributed by atoms with van der Waals surface area (Å²) in [5.74, 6) is -0.271. The van der Waals surface area contributed by atoms with Gasteiger partial charge in [0, 0.05) is 17.2 Å². The van der Waals surface area contributed by atoms with E-state index in [9.17, 15) is 14.7 Å². The van der Waals surface area contributed by atoms with Crippen molar-refractivity contribution < 1.29 is 19.1 Å². The fourth-order valence-electron chi connectivity index (χ4n) is 3.84. The van der Waals surface area contributed by atoms with Gasteiger partial charge in [0.2, 0.25) is 0 Å². The number of phenols is 1. The maximum atomic E-state index is 13.3. The highest BCUT2D eigenvalue weighted by Crippen LogP contribution is 2.47. The Morgan fingerprint density at radius 1 is 1.13 bits per heavy atom. The van der Waals surface area contributed by atoms with Crippen molar-refractivity contribution in [3.05, 3.63) is 69.6 Å². The first-order valence-electron chi connectivity index (χ1n) is 10.0. The molecule has 2 atom stereocenters. The number of fused-ring (bicyclic) bond motifs is 3. The summed E-state index contributed by atoms with van der Waals surface area (Å²) in [5.41, 5.74) is 2.62. The van der Waals surface area contributed by atoms with Crippen molar-refractivity contribution in [2.75, 3.05) is 0 Å². The fourth-order valence-corrected chi connectivity index (χ4v) is 3.84. The smallest absolute Gasteiger partial charge is 0.336 e. The molecule has 1 aliphatic heterocycles. The molecule has 0 radical (unpaired) electrons. The van der Waals surface area contributed by atoms with Gasteiger partial charge >= 0.3 is 5.63 Å². The second-order valence-electron chi connectivity index (χ2n) is 8.04. The van der Waals surface area contributed by atoms with Gasteiger partial charge in [-0.3, -0.25) is 4.79 Å². The fraction of sp³-hybridized carbons (Fsp3) is 0.280. The third kappa shape index (κ3) is 3.20. The zero-order chi connectivity index (χ0) is 21.6. The van der Waals surface area contributed by atoms with Crippen LogP contribution in [0, 0.1) is 5.92 Å². The molecule has 0 amide bonds. The Morgan fingerprint density at radius 3 is 2.50 bits per heavy atom. The van der Waals surface area contributed by atoms with Crippen LogP contribution in [0.2, 0.25) is 0 Å². The number of phenolic OH excluding ortho intramolecular Hbond substituents is 1. The minimum atomic E-state index is -0.584. The summed E-state index contributed by atoms with van der Waals surface area (Å²) in [6.45, 7) is 7.56. The highest BCUT2D eigenvalue weighted by Gasteiger charge is 2.37. The summed E-state index contributed by atoms with van der Waals surface area (Å²) in [5, 5.41) is 11.7. The molecular formula is C25H24O5. The number of carbonyl (C=O) groups is 1. The second kappa shape index (κ2) is 7.48. The number of rotatable bonds is 3. The second-order valence-corrected chi connectivity index (χ2v) is 8.04. The summed E-state index contributed by atoms with van der Waals surface area (Å²) >= 11 is 0. The van der Waals surface area contributed by atoms with E-state index >= 15 is 0 Å². The number of hydrogen-bond acceptors (Lipinski definition) is 5. The Hall–Kier alpha value is -3.34. The Labute approximate surface area is 174 Å². The molecule has 0 spiro atoms. The molecule has 2 heterocycles. The number of aromatic hydroxyl groups is 1. The molecule has 4 rings (SSSR count). The Morgan fingerprint density at radius 2 is 1.83 bits per heavy atom. The SMILES string of the molecule is CC(C)=CCc1c2c(c3oc(=O)cc(-c4ccccc4)c3c1O)C(=O)[C@@H](C)[C@@H](C)O2. The molecule has 3 aromatic rings. The minimum Gasteiger partial charge on any atom is -0.507 e. The molecule has 1 aromatic heterocycles. The van der Waals surface area contributed by atoms with Crippen LogP contribution in [0.5, 0.6) is 11.5 Å². The van der Waals surface area contributed by atoms with Gasteiger partial charge < -0.3 is 14.3 Å². The largest absolute Gasteiger partial charge is 0.507 e. The van der Waals surface area contributed by atoms with Gasteiger partial charge in [-0.2, -0.15) is 0 Å². The lowest BCUT2D eigenvalue weighted by molar-refractivity contribution is 0.0728. The maximum Gasteiger partial charge on any atom is 0.336 e. The van der Waals surface area contributed by atoms with E-state index in [-0.39, 0.29) is 28.8 Å². The van der Waals surface area contributed by atoms with E-state index in [0.717, 1.165) is 11.1 Å². The quantitative estimate of drug-likeness (QED) is 0.475. The summed E-state index contributed by atoms with van der Waals surface area (Å²) in [4.78, 5) is 25.7. The van der Waals surface area contributed by atoms with Gasteiger partial charge in [-0.1, -0.05) is 48.9 Å². The van der Waals surface area contributed by atoms with E-state index in [2.05, 4.69) is 0 Å². The van der Waals surface area contributed by atoms with Crippen molar-refractivity contribution >= 4 is 16.8 Å². The molecule has 0 aliphatic carbocycles. The Bertz CT molecular complexity index is 1230. The molecule has 5 heteroatoms. The van der Waals surface area contributed by atoms with Crippen LogP contribution in [0.1, 0.15) is 43.6 Å². The highest BCUT2D eigenvalue weighted by molar-refractivity contribution is 6.15. The first kappa shape index (κ1) is 20.0. The van der Waals surface area contributed by atoms with Crippen molar-refractivity contribution in [3.8, 4) is 22.6 Å². The first-order chi connectivity index (χ1) is 14.3. The van der Waals surface area contributed by atoms with E-state index in [4.69, 9.17) is 9.15 Å². The van der Waals surface area contributed by atoms with Crippen LogP contribution in [-0.4, -0.2) is 17.0 Å². The molecule has 0 saturated heterocycles. The molecular weight excluding hydrogens is 380 g/mol. The summed E-state index contributed by atoms with van der Waals surface area (Å²) < 4.78 is 11.6. The molecule has 0 bridgehead atoms. The molecule has 1 aliphatic rings. The van der Waals surface area contributed by atoms with E-state index in [1.807, 2.05) is 57.2 Å². The molecule has 30 heavy (non-hydrogen) atoms. The van der Waals surface area contributed by atoms with Crippen molar-refractivity contribution in [1.29, 1.82) is 0 Å². The van der Waals surface area contributed by atoms with E-state index < -0.39 is 11.5 Å². The lowest BCUT2D eigenvalue weighted by Crippen LogP contribution is -2.34. The third-order valence-corrected chi connectivity index (χ3v) is 5.68. The van der Waals surface area contributed by atoms with E-state index in [1.165, 1.54) is 6.07 Å². The normalized spacial score (nSPS) is 18.1. The number of hydrogen-bond donors (Lipinski definition) is 1. The van der Waals surface area contributed by atoms with Gasteiger partial charge in [0.1, 0.15) is 23.2 Å². The topological polar surface area (TPSA) is 76.7 Å². The number of carbonyl (C=O) groups excluding carboxylic acids is 1. The van der Waals surface area contributed by atoms with Gasteiger partial charge in [-0.05, 0) is 32.8 Å². The molecule has 1 N–H and O–H groups in total. The number of allylic oxidation sites excluding steroid dienone is 2. The van der Waals surface area contributed by atoms with Crippen LogP contribution in [0.15, 0.2) is 57.3 Å². The summed E-state index contributed by atoms with van der Waals surface area (Å²) in [7, 11) is 0. The van der Waals surface area contributed by atoms with Crippen LogP contribution in [-0.2, 0) is 6.42 Å². The third-order valence-electron chi connectivity index (χ3n) is 5.68. The average molecular weight is 404 g/mol. The standard InChI is InChI=1S/C25H24O5/c1-13(2)10-11-17-23(28)20-18(16-8-6-5-7-9-16)12-19(26)30-25(20)21-22(27)14(3)15(4)29-24(17)21/h5-10,12,14-15,28H,11H2,1-4H3/t14-,15+/m0/s1. The number of ketones is 1. The van der Waals surface area contributed by atoms with E-state index in [1.54, 1.807) is 6.92 Å². The average Bonchev–Trinajstić information content (AvgIpc) is 2.71.